The summed E-state index contributed by atoms with van der Waals surface area (Å²) in [5.41, 5.74) is 3.18. The number of carbonyl (C=O) groups excluding carboxylic acids is 1. The molecule has 0 fully saturated rings. The third-order valence-electron chi connectivity index (χ3n) is 3.19. The summed E-state index contributed by atoms with van der Waals surface area (Å²) < 4.78 is 0. The first-order chi connectivity index (χ1) is 10.3. The van der Waals surface area contributed by atoms with Gasteiger partial charge in [-0.25, -0.2) is 9.97 Å². The molecular weight excluding hydrogens is 284 g/mol. The zero-order valence-corrected chi connectivity index (χ0v) is 12.3. The number of nitrogens with one attached hydrogen (secondary N) is 2. The van der Waals surface area contributed by atoms with Crippen molar-refractivity contribution in [2.45, 2.75) is 6.54 Å². The summed E-state index contributed by atoms with van der Waals surface area (Å²) in [6.45, 7) is 0.421. The number of pyridine rings is 1. The van der Waals surface area contributed by atoms with Crippen molar-refractivity contribution in [2.24, 2.45) is 0 Å². The molecule has 0 radical (unpaired) electrons. The summed E-state index contributed by atoms with van der Waals surface area (Å²) in [5.74, 6) is 0.621. The summed E-state index contributed by atoms with van der Waals surface area (Å²) in [5, 5.41) is 9.65. The molecule has 0 aliphatic heterocycles. The first-order valence-corrected chi connectivity index (χ1v) is 7.44. The van der Waals surface area contributed by atoms with E-state index in [1.165, 1.54) is 11.3 Å². The van der Waals surface area contributed by atoms with Crippen molar-refractivity contribution in [1.82, 2.24) is 15.3 Å². The minimum atomic E-state index is -0.144. The van der Waals surface area contributed by atoms with E-state index in [4.69, 9.17) is 0 Å². The number of nitrogens with zero attached hydrogens (tertiary/aromatic N) is 2. The van der Waals surface area contributed by atoms with Crippen LogP contribution in [0.3, 0.4) is 0 Å². The van der Waals surface area contributed by atoms with E-state index in [1.54, 1.807) is 11.7 Å². The lowest BCUT2D eigenvalue weighted by Gasteiger charge is -2.10. The Labute approximate surface area is 126 Å². The molecule has 6 heteroatoms. The maximum absolute atomic E-state index is 12.4. The SMILES string of the molecule is CNc1ncc(C(=O)NCc2cscn2)c2ccccc12. The molecular formula is C15H14N4OS. The molecule has 21 heavy (non-hydrogen) atoms. The van der Waals surface area contributed by atoms with Crippen LogP contribution in [0, 0.1) is 0 Å². The topological polar surface area (TPSA) is 66.9 Å². The van der Waals surface area contributed by atoms with E-state index in [-0.39, 0.29) is 5.91 Å². The fourth-order valence-corrected chi connectivity index (χ4v) is 2.72. The fourth-order valence-electron chi connectivity index (χ4n) is 2.16. The highest BCUT2D eigenvalue weighted by atomic mass is 32.1. The van der Waals surface area contributed by atoms with Gasteiger partial charge in [0.2, 0.25) is 0 Å². The van der Waals surface area contributed by atoms with Gasteiger partial charge in [0, 0.05) is 24.0 Å². The van der Waals surface area contributed by atoms with Gasteiger partial charge in [0.25, 0.3) is 5.91 Å². The summed E-state index contributed by atoms with van der Waals surface area (Å²) in [6.07, 6.45) is 1.60. The Morgan fingerprint density at radius 1 is 1.24 bits per heavy atom. The van der Waals surface area contributed by atoms with Crippen LogP contribution in [0.4, 0.5) is 5.82 Å². The second kappa shape index (κ2) is 5.88. The Morgan fingerprint density at radius 3 is 2.76 bits per heavy atom. The molecule has 2 N–H and O–H groups in total. The Balaban J connectivity index is 1.91. The number of rotatable bonds is 4. The quantitative estimate of drug-likeness (QED) is 0.777. The van der Waals surface area contributed by atoms with Crippen LogP contribution in [-0.4, -0.2) is 22.9 Å². The zero-order chi connectivity index (χ0) is 14.7. The van der Waals surface area contributed by atoms with Crippen LogP contribution < -0.4 is 10.6 Å². The van der Waals surface area contributed by atoms with Crippen LogP contribution >= 0.6 is 11.3 Å². The Bertz CT molecular complexity index is 770. The number of anilines is 1. The van der Waals surface area contributed by atoms with E-state index in [9.17, 15) is 4.79 Å². The minimum Gasteiger partial charge on any atom is -0.373 e. The van der Waals surface area contributed by atoms with Crippen LogP contribution in [-0.2, 0) is 6.54 Å². The molecule has 0 unspecified atom stereocenters. The largest absolute Gasteiger partial charge is 0.373 e. The molecule has 3 aromatic rings. The second-order valence-corrected chi connectivity index (χ2v) is 5.20. The van der Waals surface area contributed by atoms with Gasteiger partial charge in [-0.15, -0.1) is 11.3 Å². The van der Waals surface area contributed by atoms with E-state index >= 15 is 0 Å². The Morgan fingerprint density at radius 2 is 2.05 bits per heavy atom. The summed E-state index contributed by atoms with van der Waals surface area (Å²) in [7, 11) is 1.82. The van der Waals surface area contributed by atoms with Gasteiger partial charge in [-0.2, -0.15) is 0 Å². The molecule has 0 aliphatic carbocycles. The highest BCUT2D eigenvalue weighted by molar-refractivity contribution is 7.07. The van der Waals surface area contributed by atoms with E-state index in [1.807, 2.05) is 36.7 Å². The minimum absolute atomic E-state index is 0.144. The highest BCUT2D eigenvalue weighted by Crippen LogP contribution is 2.24. The molecule has 5 nitrogen and oxygen atoms in total. The molecule has 0 spiro atoms. The van der Waals surface area contributed by atoms with Crippen molar-refractivity contribution in [3.63, 3.8) is 0 Å². The second-order valence-electron chi connectivity index (χ2n) is 4.48. The highest BCUT2D eigenvalue weighted by Gasteiger charge is 2.12. The van der Waals surface area contributed by atoms with E-state index in [0.717, 1.165) is 22.3 Å². The molecule has 3 rings (SSSR count). The van der Waals surface area contributed by atoms with Crippen molar-refractivity contribution in [2.75, 3.05) is 12.4 Å². The number of amides is 1. The van der Waals surface area contributed by atoms with Crippen LogP contribution in [0.15, 0.2) is 41.4 Å². The molecule has 2 heterocycles. The number of fused-ring (bicyclic) bond motifs is 1. The summed E-state index contributed by atoms with van der Waals surface area (Å²) in [6, 6.07) is 7.72. The predicted octanol–water partition coefficient (Wildman–Crippen LogP) is 2.66. The Kier molecular flexibility index (Phi) is 3.79. The number of hydrogen-bond acceptors (Lipinski definition) is 5. The molecule has 106 valence electrons. The Hall–Kier alpha value is -2.47. The third-order valence-corrected chi connectivity index (χ3v) is 3.83. The van der Waals surface area contributed by atoms with Crippen molar-refractivity contribution in [3.05, 3.63) is 52.6 Å². The summed E-state index contributed by atoms with van der Waals surface area (Å²) in [4.78, 5) is 20.8. The lowest BCUT2D eigenvalue weighted by molar-refractivity contribution is 0.0952. The van der Waals surface area contributed by atoms with Crippen molar-refractivity contribution >= 4 is 33.8 Å². The van der Waals surface area contributed by atoms with E-state index < -0.39 is 0 Å². The van der Waals surface area contributed by atoms with Gasteiger partial charge in [0.1, 0.15) is 5.82 Å². The number of aromatic nitrogens is 2. The molecule has 1 amide bonds. The van der Waals surface area contributed by atoms with Crippen molar-refractivity contribution < 1.29 is 4.79 Å². The van der Waals surface area contributed by atoms with Gasteiger partial charge in [0.15, 0.2) is 0 Å². The van der Waals surface area contributed by atoms with Crippen LogP contribution in [0.25, 0.3) is 10.8 Å². The van der Waals surface area contributed by atoms with Crippen LogP contribution in [0.5, 0.6) is 0 Å². The number of carbonyl (C=O) groups is 1. The number of thiazole rings is 1. The number of benzene rings is 1. The van der Waals surface area contributed by atoms with Crippen LogP contribution in [0.2, 0.25) is 0 Å². The van der Waals surface area contributed by atoms with Gasteiger partial charge < -0.3 is 10.6 Å². The van der Waals surface area contributed by atoms with Crippen molar-refractivity contribution in [3.8, 4) is 0 Å². The maximum Gasteiger partial charge on any atom is 0.253 e. The fraction of sp³-hybridized carbons (Fsp3) is 0.133. The zero-order valence-electron chi connectivity index (χ0n) is 11.5. The van der Waals surface area contributed by atoms with Gasteiger partial charge in [0.05, 0.1) is 23.3 Å². The molecule has 0 saturated carbocycles. The molecule has 0 aliphatic rings. The van der Waals surface area contributed by atoms with E-state index in [0.29, 0.717) is 12.1 Å². The number of hydrogen-bond donors (Lipinski definition) is 2. The average molecular weight is 298 g/mol. The standard InChI is InChI=1S/C15H14N4OS/c1-16-14-12-5-3-2-4-11(12)13(7-17-14)15(20)18-6-10-8-21-9-19-10/h2-5,7-9H,6H2,1H3,(H,16,17)(H,18,20). The molecule has 1 aromatic carbocycles. The van der Waals surface area contributed by atoms with Gasteiger partial charge in [-0.05, 0) is 5.39 Å². The third kappa shape index (κ3) is 2.71. The first kappa shape index (κ1) is 13.5. The molecule has 0 atom stereocenters. The average Bonchev–Trinajstić information content (AvgIpc) is 3.05. The van der Waals surface area contributed by atoms with Gasteiger partial charge >= 0.3 is 0 Å². The predicted molar refractivity (Wildman–Crippen MR) is 84.6 cm³/mol. The molecule has 2 aromatic heterocycles. The van der Waals surface area contributed by atoms with Gasteiger partial charge in [-0.1, -0.05) is 24.3 Å². The molecule has 0 saturated heterocycles. The lowest BCUT2D eigenvalue weighted by atomic mass is 10.1. The van der Waals surface area contributed by atoms with E-state index in [2.05, 4.69) is 20.6 Å². The van der Waals surface area contributed by atoms with Gasteiger partial charge in [-0.3, -0.25) is 4.79 Å². The monoisotopic (exact) mass is 298 g/mol. The van der Waals surface area contributed by atoms with Crippen LogP contribution in [0.1, 0.15) is 16.1 Å². The molecule has 0 bridgehead atoms. The smallest absolute Gasteiger partial charge is 0.253 e. The van der Waals surface area contributed by atoms with Crippen molar-refractivity contribution in [1.29, 1.82) is 0 Å². The summed E-state index contributed by atoms with van der Waals surface area (Å²) >= 11 is 1.51. The lowest BCUT2D eigenvalue weighted by Crippen LogP contribution is -2.23. The normalized spacial score (nSPS) is 10.5. The maximum atomic E-state index is 12.4. The first-order valence-electron chi connectivity index (χ1n) is 6.50.